The Balaban J connectivity index is 2.00. The van der Waals surface area contributed by atoms with Crippen LogP contribution in [0.4, 0.5) is 0 Å². The molecule has 2 heteroatoms. The molecule has 1 aliphatic carbocycles. The first-order valence-corrected chi connectivity index (χ1v) is 4.66. The van der Waals surface area contributed by atoms with E-state index in [1.165, 1.54) is 19.3 Å². The summed E-state index contributed by atoms with van der Waals surface area (Å²) in [4.78, 5) is 0. The molecule has 1 nitrogen and oxygen atoms in total. The summed E-state index contributed by atoms with van der Waals surface area (Å²) >= 11 is 5.62. The Hall–Kier alpha value is -0.0100. The van der Waals surface area contributed by atoms with Gasteiger partial charge in [0.2, 0.25) is 0 Å². The van der Waals surface area contributed by atoms with Crippen LogP contribution in [0.2, 0.25) is 0 Å². The van der Waals surface area contributed by atoms with Crippen LogP contribution in [0.25, 0.3) is 0 Å². The largest absolute Gasteiger partial charge is 0.309 e. The third kappa shape index (κ3) is 2.84. The Morgan fingerprint density at radius 1 is 1.64 bits per heavy atom. The second kappa shape index (κ2) is 4.13. The van der Waals surface area contributed by atoms with Crippen LogP contribution in [-0.4, -0.2) is 12.6 Å². The van der Waals surface area contributed by atoms with Crippen molar-refractivity contribution in [1.82, 2.24) is 5.32 Å². The average Bonchev–Trinajstić information content (AvgIpc) is 1.84. The molecule has 1 rings (SSSR count). The maximum atomic E-state index is 5.62. The molecule has 64 valence electrons. The molecule has 1 N–H and O–H groups in total. The molecule has 0 heterocycles. The smallest absolute Gasteiger partial charge is 0.0310 e. The van der Waals surface area contributed by atoms with Gasteiger partial charge in [0.15, 0.2) is 0 Å². The van der Waals surface area contributed by atoms with Crippen LogP contribution in [0.1, 0.15) is 26.2 Å². The molecule has 0 unspecified atom stereocenters. The van der Waals surface area contributed by atoms with E-state index in [4.69, 9.17) is 11.6 Å². The first-order chi connectivity index (χ1) is 5.22. The molecule has 0 aromatic carbocycles. The number of rotatable bonds is 4. The summed E-state index contributed by atoms with van der Waals surface area (Å²) in [6.45, 7) is 6.65. The van der Waals surface area contributed by atoms with E-state index < -0.39 is 0 Å². The van der Waals surface area contributed by atoms with Gasteiger partial charge in [-0.1, -0.05) is 31.5 Å². The van der Waals surface area contributed by atoms with Crippen molar-refractivity contribution in [3.05, 3.63) is 11.6 Å². The third-order valence-electron chi connectivity index (χ3n) is 2.40. The Morgan fingerprint density at radius 2 is 2.27 bits per heavy atom. The summed E-state index contributed by atoms with van der Waals surface area (Å²) in [7, 11) is 0. The summed E-state index contributed by atoms with van der Waals surface area (Å²) in [6.07, 6.45) is 3.96. The topological polar surface area (TPSA) is 12.0 Å². The van der Waals surface area contributed by atoms with E-state index >= 15 is 0 Å². The summed E-state index contributed by atoms with van der Waals surface area (Å²) in [5, 5.41) is 4.06. The molecule has 0 aliphatic heterocycles. The van der Waals surface area contributed by atoms with E-state index in [9.17, 15) is 0 Å². The third-order valence-corrected chi connectivity index (χ3v) is 2.53. The highest BCUT2D eigenvalue weighted by atomic mass is 35.5. The van der Waals surface area contributed by atoms with Gasteiger partial charge in [0.1, 0.15) is 0 Å². The summed E-state index contributed by atoms with van der Waals surface area (Å²) < 4.78 is 0. The molecule has 1 saturated carbocycles. The fourth-order valence-corrected chi connectivity index (χ4v) is 1.57. The molecule has 11 heavy (non-hydrogen) atoms. The fraction of sp³-hybridized carbons (Fsp3) is 0.778. The zero-order chi connectivity index (χ0) is 8.27. The van der Waals surface area contributed by atoms with Crippen molar-refractivity contribution in [3.8, 4) is 0 Å². The predicted octanol–water partition coefficient (Wildman–Crippen LogP) is 2.52. The van der Waals surface area contributed by atoms with Gasteiger partial charge in [-0.15, -0.1) is 0 Å². The van der Waals surface area contributed by atoms with E-state index in [1.807, 2.05) is 0 Å². The van der Waals surface area contributed by atoms with E-state index in [-0.39, 0.29) is 0 Å². The fourth-order valence-electron chi connectivity index (χ4n) is 1.49. The minimum atomic E-state index is 0.704. The molecular weight excluding hydrogens is 158 g/mol. The van der Waals surface area contributed by atoms with Crippen LogP contribution in [0.5, 0.6) is 0 Å². The maximum absolute atomic E-state index is 5.62. The van der Waals surface area contributed by atoms with Crippen molar-refractivity contribution in [1.29, 1.82) is 0 Å². The van der Waals surface area contributed by atoms with Crippen LogP contribution < -0.4 is 5.32 Å². The lowest BCUT2D eigenvalue weighted by Crippen LogP contribution is -2.41. The Labute approximate surface area is 73.8 Å². The molecule has 0 spiro atoms. The van der Waals surface area contributed by atoms with Crippen LogP contribution in [0.3, 0.4) is 0 Å². The van der Waals surface area contributed by atoms with Crippen LogP contribution in [0, 0.1) is 5.92 Å². The molecular formula is C9H16ClN. The second-order valence-electron chi connectivity index (χ2n) is 3.34. The lowest BCUT2D eigenvalue weighted by atomic mass is 9.79. The number of hydrogen-bond acceptors (Lipinski definition) is 1. The van der Waals surface area contributed by atoms with Gasteiger partial charge in [0.05, 0.1) is 0 Å². The first-order valence-electron chi connectivity index (χ1n) is 4.29. The van der Waals surface area contributed by atoms with Crippen molar-refractivity contribution in [3.63, 3.8) is 0 Å². The normalized spacial score (nSPS) is 29.6. The van der Waals surface area contributed by atoms with Crippen LogP contribution >= 0.6 is 11.6 Å². The molecule has 0 saturated heterocycles. The molecule has 0 aromatic heterocycles. The molecule has 0 radical (unpaired) electrons. The highest BCUT2D eigenvalue weighted by Crippen LogP contribution is 2.29. The number of hydrogen-bond donors (Lipinski definition) is 1. The van der Waals surface area contributed by atoms with Crippen molar-refractivity contribution in [2.24, 2.45) is 5.92 Å². The first kappa shape index (κ1) is 9.08. The number of halogens is 1. The minimum absolute atomic E-state index is 0.704. The second-order valence-corrected chi connectivity index (χ2v) is 3.88. The van der Waals surface area contributed by atoms with Gasteiger partial charge in [0, 0.05) is 17.6 Å². The standard InChI is InChI=1S/C9H16ClN/c1-3-8-4-9(5-8)11-6-7(2)10/h8-9,11H,2-6H2,1H3. The molecule has 0 bridgehead atoms. The van der Waals surface area contributed by atoms with E-state index in [1.54, 1.807) is 0 Å². The van der Waals surface area contributed by atoms with E-state index in [0.29, 0.717) is 11.1 Å². The lowest BCUT2D eigenvalue weighted by Gasteiger charge is -2.35. The van der Waals surface area contributed by atoms with Crippen LogP contribution in [-0.2, 0) is 0 Å². The Kier molecular flexibility index (Phi) is 3.41. The molecule has 1 fully saturated rings. The average molecular weight is 174 g/mol. The van der Waals surface area contributed by atoms with Crippen LogP contribution in [0.15, 0.2) is 11.6 Å². The summed E-state index contributed by atoms with van der Waals surface area (Å²) in [5.41, 5.74) is 0. The zero-order valence-electron chi connectivity index (χ0n) is 7.07. The highest BCUT2D eigenvalue weighted by molar-refractivity contribution is 6.29. The van der Waals surface area contributed by atoms with E-state index in [2.05, 4.69) is 18.8 Å². The predicted molar refractivity (Wildman–Crippen MR) is 49.8 cm³/mol. The minimum Gasteiger partial charge on any atom is -0.309 e. The Bertz CT molecular complexity index is 138. The van der Waals surface area contributed by atoms with Gasteiger partial charge < -0.3 is 5.32 Å². The monoisotopic (exact) mass is 173 g/mol. The van der Waals surface area contributed by atoms with Crippen molar-refractivity contribution >= 4 is 11.6 Å². The maximum Gasteiger partial charge on any atom is 0.0310 e. The molecule has 0 atom stereocenters. The number of nitrogens with one attached hydrogen (secondary N) is 1. The van der Waals surface area contributed by atoms with E-state index in [0.717, 1.165) is 12.5 Å². The Morgan fingerprint density at radius 3 is 2.73 bits per heavy atom. The summed E-state index contributed by atoms with van der Waals surface area (Å²) in [5.74, 6) is 0.955. The van der Waals surface area contributed by atoms with Crippen molar-refractivity contribution in [2.75, 3.05) is 6.54 Å². The van der Waals surface area contributed by atoms with Gasteiger partial charge in [-0.2, -0.15) is 0 Å². The lowest BCUT2D eigenvalue weighted by molar-refractivity contribution is 0.222. The van der Waals surface area contributed by atoms with Crippen molar-refractivity contribution < 1.29 is 0 Å². The molecule has 0 aromatic rings. The molecule has 1 aliphatic rings. The van der Waals surface area contributed by atoms with Gasteiger partial charge >= 0.3 is 0 Å². The zero-order valence-corrected chi connectivity index (χ0v) is 7.82. The SMILES string of the molecule is C=C(Cl)CNC1CC(CC)C1. The van der Waals surface area contributed by atoms with Gasteiger partial charge in [0.25, 0.3) is 0 Å². The van der Waals surface area contributed by atoms with Gasteiger partial charge in [-0.3, -0.25) is 0 Å². The molecule has 0 amide bonds. The highest BCUT2D eigenvalue weighted by Gasteiger charge is 2.26. The summed E-state index contributed by atoms with van der Waals surface area (Å²) in [6, 6.07) is 0.704. The quantitative estimate of drug-likeness (QED) is 0.689. The van der Waals surface area contributed by atoms with Gasteiger partial charge in [-0.05, 0) is 18.8 Å². The van der Waals surface area contributed by atoms with Gasteiger partial charge in [-0.25, -0.2) is 0 Å². The van der Waals surface area contributed by atoms with Crippen molar-refractivity contribution in [2.45, 2.75) is 32.2 Å².